The van der Waals surface area contributed by atoms with Crippen molar-refractivity contribution >= 4 is 66.6 Å². The number of benzene rings is 6. The number of ether oxygens (including phenoxy) is 1. The number of fused-ring (bicyclic) bond motifs is 2. The lowest BCUT2D eigenvalue weighted by molar-refractivity contribution is -0.139. The summed E-state index contributed by atoms with van der Waals surface area (Å²) >= 11 is 0. The Kier molecular flexibility index (Phi) is 9.92. The van der Waals surface area contributed by atoms with Gasteiger partial charge in [0.2, 0.25) is 0 Å². The Labute approximate surface area is 293 Å². The predicted octanol–water partition coefficient (Wildman–Crippen LogP) is 11.2. The minimum atomic E-state index is -1.07. The van der Waals surface area contributed by atoms with Crippen molar-refractivity contribution in [3.05, 3.63) is 113 Å². The first kappa shape index (κ1) is 34.6. The average molecular weight is 668 g/mol. The van der Waals surface area contributed by atoms with Gasteiger partial charge in [-0.05, 0) is 105 Å². The molecule has 50 heavy (non-hydrogen) atoms. The molecule has 6 rings (SSSR count). The van der Waals surface area contributed by atoms with E-state index in [0.717, 1.165) is 81.2 Å². The number of nitrogens with one attached hydrogen (secondary N) is 1. The number of hydrogen-bond donors (Lipinski definition) is 2. The van der Waals surface area contributed by atoms with E-state index < -0.39 is 5.97 Å². The van der Waals surface area contributed by atoms with Crippen LogP contribution in [0.5, 0.6) is 0 Å². The summed E-state index contributed by atoms with van der Waals surface area (Å²) in [5, 5.41) is 21.2. The van der Waals surface area contributed by atoms with Gasteiger partial charge in [0.05, 0.1) is 12.2 Å². The molecule has 0 saturated heterocycles. The summed E-state index contributed by atoms with van der Waals surface area (Å²) in [4.78, 5) is 38.6. The van der Waals surface area contributed by atoms with Crippen molar-refractivity contribution in [3.63, 3.8) is 0 Å². The van der Waals surface area contributed by atoms with Crippen LogP contribution in [-0.4, -0.2) is 29.6 Å². The molecule has 0 unspecified atom stereocenters. The lowest BCUT2D eigenvalue weighted by Crippen LogP contribution is -2.17. The molecule has 0 fully saturated rings. The van der Waals surface area contributed by atoms with Crippen molar-refractivity contribution < 1.29 is 24.2 Å². The van der Waals surface area contributed by atoms with Gasteiger partial charge in [0, 0.05) is 22.2 Å². The first-order chi connectivity index (χ1) is 24.0. The van der Waals surface area contributed by atoms with Gasteiger partial charge in [-0.1, -0.05) is 108 Å². The quantitative estimate of drug-likeness (QED) is 0.0420. The Balaban J connectivity index is 1.40. The third-order valence-corrected chi connectivity index (χ3v) is 9.88. The average Bonchev–Trinajstić information content (AvgIpc) is 3.09. The largest absolute Gasteiger partial charge is 0.478 e. The van der Waals surface area contributed by atoms with Crippen LogP contribution < -0.4 is 5.32 Å². The number of rotatable bonds is 13. The molecule has 0 spiro atoms. The van der Waals surface area contributed by atoms with Gasteiger partial charge in [-0.2, -0.15) is 0 Å². The zero-order valence-corrected chi connectivity index (χ0v) is 29.6. The number of anilines is 1. The molecule has 0 aliphatic rings. The van der Waals surface area contributed by atoms with Gasteiger partial charge < -0.3 is 15.2 Å². The lowest BCUT2D eigenvalue weighted by atomic mass is 9.85. The number of hydrogen-bond acceptors (Lipinski definition) is 4. The second-order valence-corrected chi connectivity index (χ2v) is 14.0. The Hall–Kier alpha value is -5.23. The molecule has 0 radical (unpaired) electrons. The van der Waals surface area contributed by atoms with Gasteiger partial charge in [-0.25, -0.2) is 9.59 Å². The molecule has 2 N–H and O–H groups in total. The number of carboxylic acid groups (broad SMARTS) is 1. The second kappa shape index (κ2) is 14.3. The Bertz CT molecular complexity index is 2230. The Morgan fingerprint density at radius 3 is 1.88 bits per heavy atom. The fourth-order valence-electron chi connectivity index (χ4n) is 7.38. The third kappa shape index (κ3) is 6.42. The highest BCUT2D eigenvalue weighted by atomic mass is 16.5. The molecule has 0 heterocycles. The zero-order chi connectivity index (χ0) is 35.7. The van der Waals surface area contributed by atoms with Crippen LogP contribution in [0.4, 0.5) is 5.69 Å². The SMILES string of the molecule is C=C(C)C(=O)OCCCCCCc1ccc2c3ccc(C(=O)O)c4c(C(=O)Nc5c(C(C)C)cccc5C(C)C)ccc(c5cccc1c25)c43. The van der Waals surface area contributed by atoms with Crippen LogP contribution in [0.1, 0.15) is 110 Å². The van der Waals surface area contributed by atoms with E-state index in [0.29, 0.717) is 23.1 Å². The summed E-state index contributed by atoms with van der Waals surface area (Å²) in [6.07, 6.45) is 4.76. The minimum absolute atomic E-state index is 0.110. The van der Waals surface area contributed by atoms with E-state index >= 15 is 0 Å². The monoisotopic (exact) mass is 667 g/mol. The van der Waals surface area contributed by atoms with Crippen LogP contribution in [0.2, 0.25) is 0 Å². The maximum absolute atomic E-state index is 14.3. The van der Waals surface area contributed by atoms with Crippen LogP contribution in [-0.2, 0) is 16.0 Å². The summed E-state index contributed by atoms with van der Waals surface area (Å²) in [5.41, 5.74) is 5.04. The number of carboxylic acids is 1. The maximum atomic E-state index is 14.3. The van der Waals surface area contributed by atoms with Crippen molar-refractivity contribution in [2.75, 3.05) is 11.9 Å². The molecule has 6 nitrogen and oxygen atoms in total. The van der Waals surface area contributed by atoms with Crippen LogP contribution >= 0.6 is 0 Å². The second-order valence-electron chi connectivity index (χ2n) is 14.0. The van der Waals surface area contributed by atoms with Gasteiger partial charge in [0.25, 0.3) is 5.91 Å². The van der Waals surface area contributed by atoms with E-state index in [1.807, 2.05) is 30.3 Å². The minimum Gasteiger partial charge on any atom is -0.478 e. The van der Waals surface area contributed by atoms with E-state index in [1.54, 1.807) is 19.1 Å². The molecular weight excluding hydrogens is 622 g/mol. The number of para-hydroxylation sites is 1. The number of esters is 1. The number of aryl methyl sites for hydroxylation is 1. The van der Waals surface area contributed by atoms with Gasteiger partial charge in [-0.15, -0.1) is 0 Å². The highest BCUT2D eigenvalue weighted by Crippen LogP contribution is 2.43. The molecule has 0 saturated carbocycles. The molecular formula is C44H45NO5. The van der Waals surface area contributed by atoms with E-state index in [1.165, 1.54) is 10.9 Å². The first-order valence-electron chi connectivity index (χ1n) is 17.6. The molecule has 256 valence electrons. The molecule has 6 heteroatoms. The summed E-state index contributed by atoms with van der Waals surface area (Å²) in [5.74, 6) is -1.34. The van der Waals surface area contributed by atoms with E-state index in [2.05, 4.69) is 69.9 Å². The molecule has 1 amide bonds. The fraction of sp³-hybridized carbons (Fsp3) is 0.295. The molecule has 6 aromatic carbocycles. The topological polar surface area (TPSA) is 92.7 Å². The van der Waals surface area contributed by atoms with Crippen molar-refractivity contribution in [2.45, 2.75) is 78.6 Å². The molecule has 0 atom stereocenters. The van der Waals surface area contributed by atoms with Gasteiger partial charge >= 0.3 is 11.9 Å². The number of carbonyl (C=O) groups is 3. The van der Waals surface area contributed by atoms with Crippen molar-refractivity contribution in [2.24, 2.45) is 0 Å². The van der Waals surface area contributed by atoms with Crippen molar-refractivity contribution in [1.82, 2.24) is 0 Å². The fourth-order valence-corrected chi connectivity index (χ4v) is 7.38. The van der Waals surface area contributed by atoms with E-state index in [4.69, 9.17) is 4.74 Å². The highest BCUT2D eigenvalue weighted by molar-refractivity contribution is 6.36. The Morgan fingerprint density at radius 1 is 0.680 bits per heavy atom. The normalized spacial score (nSPS) is 11.7. The smallest absolute Gasteiger partial charge is 0.336 e. The Morgan fingerprint density at radius 2 is 1.24 bits per heavy atom. The summed E-state index contributed by atoms with van der Waals surface area (Å²) in [7, 11) is 0. The highest BCUT2D eigenvalue weighted by Gasteiger charge is 2.24. The third-order valence-electron chi connectivity index (χ3n) is 9.88. The van der Waals surface area contributed by atoms with Gasteiger partial charge in [0.1, 0.15) is 0 Å². The predicted molar refractivity (Wildman–Crippen MR) is 205 cm³/mol. The molecule has 0 bridgehead atoms. The van der Waals surface area contributed by atoms with Crippen LogP contribution in [0.3, 0.4) is 0 Å². The number of carbonyl (C=O) groups excluding carboxylic acids is 2. The summed E-state index contributed by atoms with van der Waals surface area (Å²) in [6.45, 7) is 14.1. The first-order valence-corrected chi connectivity index (χ1v) is 17.6. The lowest BCUT2D eigenvalue weighted by Gasteiger charge is -2.22. The van der Waals surface area contributed by atoms with Crippen LogP contribution in [0.15, 0.2) is 84.9 Å². The van der Waals surface area contributed by atoms with Crippen molar-refractivity contribution in [3.8, 4) is 0 Å². The number of amides is 1. The number of unbranched alkanes of at least 4 members (excludes halogenated alkanes) is 3. The molecule has 0 aliphatic carbocycles. The van der Waals surface area contributed by atoms with Crippen LogP contribution in [0.25, 0.3) is 43.1 Å². The van der Waals surface area contributed by atoms with E-state index in [-0.39, 0.29) is 29.3 Å². The molecule has 6 aromatic rings. The summed E-state index contributed by atoms with van der Waals surface area (Å²) < 4.78 is 5.22. The zero-order valence-electron chi connectivity index (χ0n) is 29.6. The van der Waals surface area contributed by atoms with Gasteiger partial charge in [0.15, 0.2) is 0 Å². The molecule has 0 aromatic heterocycles. The maximum Gasteiger partial charge on any atom is 0.336 e. The molecule has 0 aliphatic heterocycles. The standard InChI is InChI=1S/C44H45NO5/c1-25(2)29-14-11-15-30(26(3)4)41(29)45-42(46)36-22-20-34-32-17-12-16-31-28(13-9-7-8-10-24-50-44(49)27(5)6)18-19-33(38(31)32)35-21-23-37(43(47)48)40(36)39(34)35/h11-12,14-23,25-26H,5,7-10,13,24H2,1-4,6H3,(H,45,46)(H,47,48). The number of aromatic carboxylic acids is 1. The van der Waals surface area contributed by atoms with Gasteiger partial charge in [-0.3, -0.25) is 4.79 Å². The van der Waals surface area contributed by atoms with E-state index in [9.17, 15) is 19.5 Å². The van der Waals surface area contributed by atoms with Crippen molar-refractivity contribution in [1.29, 1.82) is 0 Å². The summed E-state index contributed by atoms with van der Waals surface area (Å²) in [6, 6.07) is 24.1. The van der Waals surface area contributed by atoms with Crippen LogP contribution in [0, 0.1) is 0 Å².